The fourth-order valence-electron chi connectivity index (χ4n) is 6.99. The van der Waals surface area contributed by atoms with Gasteiger partial charge >= 0.3 is 0 Å². The molecular weight excluding hydrogens is 623 g/mol. The molecule has 0 spiro atoms. The molecule has 0 unspecified atom stereocenters. The summed E-state index contributed by atoms with van der Waals surface area (Å²) in [6, 6.07) is 60.8. The molecule has 0 saturated heterocycles. The fourth-order valence-corrected chi connectivity index (χ4v) is 6.99. The number of hydrogen-bond donors (Lipinski definition) is 1. The lowest BCUT2D eigenvalue weighted by molar-refractivity contribution is 0.669. The normalized spacial score (nSPS) is 12.3. The van der Waals surface area contributed by atoms with Crippen molar-refractivity contribution >= 4 is 55.2 Å². The van der Waals surface area contributed by atoms with E-state index < -0.39 is 0 Å². The molecule has 1 aromatic heterocycles. The van der Waals surface area contributed by atoms with Crippen molar-refractivity contribution in [3.05, 3.63) is 193 Å². The minimum Gasteiger partial charge on any atom is -0.456 e. The molecule has 0 atom stereocenters. The summed E-state index contributed by atoms with van der Waals surface area (Å²) < 4.78 is 6.35. The molecule has 0 saturated carbocycles. The van der Waals surface area contributed by atoms with Crippen molar-refractivity contribution in [2.24, 2.45) is 15.7 Å². The molecule has 51 heavy (non-hydrogen) atoms. The quantitative estimate of drug-likeness (QED) is 0.143. The Hall–Kier alpha value is -6.78. The summed E-state index contributed by atoms with van der Waals surface area (Å²) in [5.41, 5.74) is 15.9. The highest BCUT2D eigenvalue weighted by molar-refractivity contribution is 6.23. The third-order valence-electron chi connectivity index (χ3n) is 9.56. The van der Waals surface area contributed by atoms with Gasteiger partial charge in [-0.15, -0.1) is 0 Å². The molecule has 0 fully saturated rings. The van der Waals surface area contributed by atoms with E-state index in [1.165, 1.54) is 16.2 Å². The molecule has 4 nitrogen and oxygen atoms in total. The topological polar surface area (TPSA) is 63.9 Å². The fraction of sp³-hybridized carbons (Fsp3) is 0.0213. The molecule has 9 rings (SSSR count). The number of para-hydroxylation sites is 1. The van der Waals surface area contributed by atoms with Gasteiger partial charge in [0.15, 0.2) is 5.84 Å². The van der Waals surface area contributed by atoms with Crippen molar-refractivity contribution in [3.8, 4) is 22.3 Å². The standard InChI is InChI=1S/C47H33N3O/c48-46(45-40(39-25-22-34-13-5-7-15-38(34)29-39)26-27-43-44(45)41-16-8-9-17-42(41)51-43)50-47(36-23-20-35(21-24-36)32-10-2-1-3-11-32)49-30-31-18-19-33-12-4-6-14-37(33)28-31/h1-29H,30H2,(H2,48,49,50). The van der Waals surface area contributed by atoms with Crippen LogP contribution >= 0.6 is 0 Å². The number of fused-ring (bicyclic) bond motifs is 5. The molecule has 0 aliphatic heterocycles. The average Bonchev–Trinajstić information content (AvgIpc) is 3.58. The van der Waals surface area contributed by atoms with E-state index in [4.69, 9.17) is 20.1 Å². The largest absolute Gasteiger partial charge is 0.456 e. The van der Waals surface area contributed by atoms with Gasteiger partial charge < -0.3 is 10.2 Å². The molecule has 8 aromatic carbocycles. The predicted molar refractivity (Wildman–Crippen MR) is 213 cm³/mol. The third kappa shape index (κ3) is 5.83. The van der Waals surface area contributed by atoms with Gasteiger partial charge in [0.1, 0.15) is 17.0 Å². The summed E-state index contributed by atoms with van der Waals surface area (Å²) >= 11 is 0. The molecule has 0 radical (unpaired) electrons. The number of hydrogen-bond acceptors (Lipinski definition) is 2. The molecule has 0 aliphatic rings. The molecule has 242 valence electrons. The third-order valence-corrected chi connectivity index (χ3v) is 9.56. The highest BCUT2D eigenvalue weighted by Gasteiger charge is 2.20. The Morgan fingerprint density at radius 1 is 0.510 bits per heavy atom. The Balaban J connectivity index is 1.22. The molecule has 2 N–H and O–H groups in total. The van der Waals surface area contributed by atoms with Crippen molar-refractivity contribution in [3.63, 3.8) is 0 Å². The van der Waals surface area contributed by atoms with Gasteiger partial charge in [-0.1, -0.05) is 146 Å². The van der Waals surface area contributed by atoms with Gasteiger partial charge in [0.2, 0.25) is 0 Å². The zero-order valence-corrected chi connectivity index (χ0v) is 27.8. The molecular formula is C47H33N3O. The van der Waals surface area contributed by atoms with Crippen LogP contribution in [-0.2, 0) is 6.54 Å². The van der Waals surface area contributed by atoms with E-state index in [2.05, 4.69) is 146 Å². The maximum Gasteiger partial charge on any atom is 0.157 e. The van der Waals surface area contributed by atoms with Crippen LogP contribution in [0.5, 0.6) is 0 Å². The summed E-state index contributed by atoms with van der Waals surface area (Å²) in [4.78, 5) is 10.3. The Bertz CT molecular complexity index is 2780. The van der Waals surface area contributed by atoms with E-state index >= 15 is 0 Å². The number of aliphatic imine (C=N–C) groups is 2. The lowest BCUT2D eigenvalue weighted by Crippen LogP contribution is -2.18. The monoisotopic (exact) mass is 655 g/mol. The van der Waals surface area contributed by atoms with Crippen molar-refractivity contribution < 1.29 is 4.42 Å². The lowest BCUT2D eigenvalue weighted by atomic mass is 9.93. The highest BCUT2D eigenvalue weighted by Crippen LogP contribution is 2.38. The van der Waals surface area contributed by atoms with E-state index in [1.54, 1.807) is 0 Å². The zero-order valence-electron chi connectivity index (χ0n) is 27.8. The van der Waals surface area contributed by atoms with E-state index in [9.17, 15) is 0 Å². The first-order valence-corrected chi connectivity index (χ1v) is 17.1. The van der Waals surface area contributed by atoms with Gasteiger partial charge in [-0.3, -0.25) is 4.99 Å². The second-order valence-electron chi connectivity index (χ2n) is 12.8. The second-order valence-corrected chi connectivity index (χ2v) is 12.8. The van der Waals surface area contributed by atoms with Gasteiger partial charge in [-0.05, 0) is 79.7 Å². The Morgan fingerprint density at radius 2 is 1.14 bits per heavy atom. The number of rotatable bonds is 6. The Labute approximate surface area is 295 Å². The second kappa shape index (κ2) is 12.9. The summed E-state index contributed by atoms with van der Waals surface area (Å²) in [5.74, 6) is 0.939. The van der Waals surface area contributed by atoms with Crippen molar-refractivity contribution in [1.29, 1.82) is 0 Å². The van der Waals surface area contributed by atoms with Crippen LogP contribution in [0, 0.1) is 0 Å². The first kappa shape index (κ1) is 30.3. The van der Waals surface area contributed by atoms with Gasteiger partial charge in [-0.2, -0.15) is 0 Å². The molecule has 1 heterocycles. The smallest absolute Gasteiger partial charge is 0.157 e. The predicted octanol–water partition coefficient (Wildman–Crippen LogP) is 11.6. The van der Waals surface area contributed by atoms with Crippen LogP contribution in [0.15, 0.2) is 190 Å². The molecule has 4 heteroatoms. The number of amidine groups is 2. The Morgan fingerprint density at radius 3 is 1.92 bits per heavy atom. The SMILES string of the molecule is NC(=NC(=NCc1ccc2ccccc2c1)c1ccc(-c2ccccc2)cc1)c1c(-c2ccc3ccccc3c2)ccc2oc3ccccc3c12. The molecule has 0 bridgehead atoms. The summed E-state index contributed by atoms with van der Waals surface area (Å²) in [6.07, 6.45) is 0. The van der Waals surface area contributed by atoms with Crippen molar-refractivity contribution in [2.45, 2.75) is 6.54 Å². The number of furan rings is 1. The Kier molecular flexibility index (Phi) is 7.67. The van der Waals surface area contributed by atoms with Crippen LogP contribution in [0.2, 0.25) is 0 Å². The van der Waals surface area contributed by atoms with Crippen LogP contribution in [0.3, 0.4) is 0 Å². The minimum absolute atomic E-state index is 0.375. The number of nitrogens with zero attached hydrogens (tertiary/aromatic N) is 2. The molecule has 0 amide bonds. The first-order chi connectivity index (χ1) is 25.2. The van der Waals surface area contributed by atoms with E-state index in [1.807, 2.05) is 30.3 Å². The van der Waals surface area contributed by atoms with Crippen LogP contribution in [-0.4, -0.2) is 11.7 Å². The maximum absolute atomic E-state index is 7.19. The van der Waals surface area contributed by atoms with Crippen LogP contribution in [0.25, 0.3) is 65.7 Å². The maximum atomic E-state index is 7.19. The average molecular weight is 656 g/mol. The minimum atomic E-state index is 0.375. The molecule has 9 aromatic rings. The van der Waals surface area contributed by atoms with Crippen LogP contribution < -0.4 is 5.73 Å². The number of benzene rings is 8. The van der Waals surface area contributed by atoms with Crippen LogP contribution in [0.4, 0.5) is 0 Å². The first-order valence-electron chi connectivity index (χ1n) is 17.1. The van der Waals surface area contributed by atoms with E-state index in [-0.39, 0.29) is 0 Å². The van der Waals surface area contributed by atoms with Crippen molar-refractivity contribution in [1.82, 2.24) is 0 Å². The van der Waals surface area contributed by atoms with Gasteiger partial charge in [0.25, 0.3) is 0 Å². The van der Waals surface area contributed by atoms with Gasteiger partial charge in [0.05, 0.1) is 6.54 Å². The summed E-state index contributed by atoms with van der Waals surface area (Å²) in [5, 5.41) is 6.65. The molecule has 0 aliphatic carbocycles. The summed E-state index contributed by atoms with van der Waals surface area (Å²) in [7, 11) is 0. The summed E-state index contributed by atoms with van der Waals surface area (Å²) in [6.45, 7) is 0.452. The van der Waals surface area contributed by atoms with E-state index in [0.717, 1.165) is 66.3 Å². The van der Waals surface area contributed by atoms with Crippen LogP contribution in [0.1, 0.15) is 16.7 Å². The number of nitrogens with two attached hydrogens (primary N) is 1. The van der Waals surface area contributed by atoms with Gasteiger partial charge in [-0.25, -0.2) is 4.99 Å². The van der Waals surface area contributed by atoms with Gasteiger partial charge in [0, 0.05) is 21.9 Å². The van der Waals surface area contributed by atoms with Crippen molar-refractivity contribution in [2.75, 3.05) is 0 Å². The highest BCUT2D eigenvalue weighted by atomic mass is 16.3. The zero-order chi connectivity index (χ0) is 34.1. The van der Waals surface area contributed by atoms with E-state index in [0.29, 0.717) is 18.2 Å². The lowest BCUT2D eigenvalue weighted by Gasteiger charge is -2.13.